The maximum atomic E-state index is 13.4. The third-order valence-electron chi connectivity index (χ3n) is 3.07. The predicted molar refractivity (Wildman–Crippen MR) is 79.7 cm³/mol. The van der Waals surface area contributed by atoms with Gasteiger partial charge >= 0.3 is 0 Å². The minimum absolute atomic E-state index is 0.0507. The molecule has 0 unspecified atom stereocenters. The van der Waals surface area contributed by atoms with Gasteiger partial charge in [0, 0.05) is 11.1 Å². The molecule has 3 aromatic rings. The van der Waals surface area contributed by atoms with Crippen LogP contribution < -0.4 is 5.73 Å². The standard InChI is InChI=1S/C14H10Cl2FN3/c15-9-3-1-8(2-4-9)7-20-13-5-10(16)11(17)6-12(13)19-14(20)18/h1-6H,7H2,(H2,18,19). The van der Waals surface area contributed by atoms with E-state index in [0.717, 1.165) is 5.56 Å². The van der Waals surface area contributed by atoms with Crippen molar-refractivity contribution in [2.24, 2.45) is 0 Å². The first-order valence-electron chi connectivity index (χ1n) is 5.90. The molecule has 0 aliphatic rings. The smallest absolute Gasteiger partial charge is 0.201 e. The number of hydrogen-bond donors (Lipinski definition) is 1. The Morgan fingerprint density at radius 3 is 2.55 bits per heavy atom. The molecule has 2 N–H and O–H groups in total. The van der Waals surface area contributed by atoms with E-state index in [9.17, 15) is 4.39 Å². The van der Waals surface area contributed by atoms with E-state index in [-0.39, 0.29) is 5.02 Å². The second-order valence-corrected chi connectivity index (χ2v) is 5.28. The van der Waals surface area contributed by atoms with Crippen LogP contribution in [0.4, 0.5) is 10.3 Å². The minimum Gasteiger partial charge on any atom is -0.369 e. The summed E-state index contributed by atoms with van der Waals surface area (Å²) >= 11 is 11.7. The lowest BCUT2D eigenvalue weighted by atomic mass is 10.2. The van der Waals surface area contributed by atoms with Gasteiger partial charge in [0.25, 0.3) is 0 Å². The monoisotopic (exact) mass is 309 g/mol. The highest BCUT2D eigenvalue weighted by Crippen LogP contribution is 2.25. The molecule has 0 atom stereocenters. The molecule has 0 aliphatic carbocycles. The fourth-order valence-corrected chi connectivity index (χ4v) is 2.36. The zero-order chi connectivity index (χ0) is 14.3. The van der Waals surface area contributed by atoms with E-state index >= 15 is 0 Å². The van der Waals surface area contributed by atoms with Crippen molar-refractivity contribution in [1.29, 1.82) is 0 Å². The van der Waals surface area contributed by atoms with Crippen LogP contribution in [0.25, 0.3) is 11.0 Å². The van der Waals surface area contributed by atoms with Gasteiger partial charge in [-0.05, 0) is 23.8 Å². The summed E-state index contributed by atoms with van der Waals surface area (Å²) in [6, 6.07) is 10.2. The molecule has 1 aromatic heterocycles. The summed E-state index contributed by atoms with van der Waals surface area (Å²) in [6.07, 6.45) is 0. The van der Waals surface area contributed by atoms with Gasteiger partial charge in [0.05, 0.1) is 22.6 Å². The number of anilines is 1. The first-order valence-corrected chi connectivity index (χ1v) is 6.65. The number of rotatable bonds is 2. The topological polar surface area (TPSA) is 43.8 Å². The van der Waals surface area contributed by atoms with Crippen LogP contribution in [-0.4, -0.2) is 9.55 Å². The Balaban J connectivity index is 2.08. The summed E-state index contributed by atoms with van der Waals surface area (Å²) in [7, 11) is 0. The van der Waals surface area contributed by atoms with Crippen molar-refractivity contribution in [2.75, 3.05) is 5.73 Å². The Morgan fingerprint density at radius 2 is 1.85 bits per heavy atom. The second kappa shape index (κ2) is 4.96. The van der Waals surface area contributed by atoms with E-state index in [2.05, 4.69) is 4.98 Å². The number of aromatic nitrogens is 2. The number of nitrogen functional groups attached to an aromatic ring is 1. The molecule has 6 heteroatoms. The van der Waals surface area contributed by atoms with Crippen LogP contribution in [-0.2, 0) is 6.54 Å². The van der Waals surface area contributed by atoms with E-state index in [1.165, 1.54) is 12.1 Å². The molecule has 0 bridgehead atoms. The van der Waals surface area contributed by atoms with Gasteiger partial charge in [-0.3, -0.25) is 0 Å². The quantitative estimate of drug-likeness (QED) is 0.774. The van der Waals surface area contributed by atoms with Crippen LogP contribution in [0.15, 0.2) is 36.4 Å². The molecule has 20 heavy (non-hydrogen) atoms. The molecular weight excluding hydrogens is 300 g/mol. The molecular formula is C14H10Cl2FN3. The maximum Gasteiger partial charge on any atom is 0.201 e. The summed E-state index contributed by atoms with van der Waals surface area (Å²) in [4.78, 5) is 4.14. The first-order chi connectivity index (χ1) is 9.54. The van der Waals surface area contributed by atoms with Crippen molar-refractivity contribution in [1.82, 2.24) is 9.55 Å². The van der Waals surface area contributed by atoms with Gasteiger partial charge in [0.15, 0.2) is 0 Å². The van der Waals surface area contributed by atoms with Gasteiger partial charge in [0.2, 0.25) is 5.95 Å². The molecule has 0 fully saturated rings. The second-order valence-electron chi connectivity index (χ2n) is 4.44. The van der Waals surface area contributed by atoms with Gasteiger partial charge in [0.1, 0.15) is 5.82 Å². The number of hydrogen-bond acceptors (Lipinski definition) is 2. The molecule has 3 nitrogen and oxygen atoms in total. The van der Waals surface area contributed by atoms with Crippen LogP contribution in [0.1, 0.15) is 5.56 Å². The molecule has 102 valence electrons. The fraction of sp³-hybridized carbons (Fsp3) is 0.0714. The molecule has 0 amide bonds. The molecule has 0 aliphatic heterocycles. The van der Waals surface area contributed by atoms with E-state index in [0.29, 0.717) is 28.5 Å². The van der Waals surface area contributed by atoms with Crippen LogP contribution in [0.5, 0.6) is 0 Å². The molecule has 0 spiro atoms. The third kappa shape index (κ3) is 2.32. The van der Waals surface area contributed by atoms with Gasteiger partial charge in [-0.25, -0.2) is 9.37 Å². The van der Waals surface area contributed by atoms with E-state index in [1.54, 1.807) is 16.7 Å². The SMILES string of the molecule is Nc1nc2cc(F)c(Cl)cc2n1Cc1ccc(Cl)cc1. The van der Waals surface area contributed by atoms with Crippen LogP contribution in [0.3, 0.4) is 0 Å². The molecule has 2 aromatic carbocycles. The Labute approximate surface area is 124 Å². The molecule has 0 saturated heterocycles. The minimum atomic E-state index is -0.504. The highest BCUT2D eigenvalue weighted by Gasteiger charge is 2.12. The van der Waals surface area contributed by atoms with Crippen molar-refractivity contribution >= 4 is 40.2 Å². The summed E-state index contributed by atoms with van der Waals surface area (Å²) < 4.78 is 15.2. The molecule has 3 rings (SSSR count). The summed E-state index contributed by atoms with van der Waals surface area (Å²) in [5, 5.41) is 0.720. The van der Waals surface area contributed by atoms with Gasteiger partial charge in [-0.15, -0.1) is 0 Å². The van der Waals surface area contributed by atoms with Crippen molar-refractivity contribution in [3.63, 3.8) is 0 Å². The Morgan fingerprint density at radius 1 is 1.15 bits per heavy atom. The van der Waals surface area contributed by atoms with Crippen molar-refractivity contribution in [3.05, 3.63) is 57.8 Å². The Hall–Kier alpha value is -1.78. The average Bonchev–Trinajstić information content (AvgIpc) is 2.69. The molecule has 0 radical (unpaired) electrons. The van der Waals surface area contributed by atoms with Crippen LogP contribution in [0, 0.1) is 5.82 Å². The third-order valence-corrected chi connectivity index (χ3v) is 3.62. The number of fused-ring (bicyclic) bond motifs is 1. The van der Waals surface area contributed by atoms with Crippen LogP contribution in [0.2, 0.25) is 10.0 Å². The first kappa shape index (κ1) is 13.2. The Kier molecular flexibility index (Phi) is 3.28. The zero-order valence-electron chi connectivity index (χ0n) is 10.3. The van der Waals surface area contributed by atoms with Gasteiger partial charge in [-0.2, -0.15) is 0 Å². The van der Waals surface area contributed by atoms with Crippen molar-refractivity contribution in [2.45, 2.75) is 6.54 Å². The maximum absolute atomic E-state index is 13.4. The summed E-state index contributed by atoms with van der Waals surface area (Å²) in [6.45, 7) is 0.515. The average molecular weight is 310 g/mol. The van der Waals surface area contributed by atoms with E-state index < -0.39 is 5.82 Å². The normalized spacial score (nSPS) is 11.2. The molecule has 1 heterocycles. The lowest BCUT2D eigenvalue weighted by Gasteiger charge is -2.07. The zero-order valence-corrected chi connectivity index (χ0v) is 11.8. The van der Waals surface area contributed by atoms with Crippen molar-refractivity contribution in [3.8, 4) is 0 Å². The highest BCUT2D eigenvalue weighted by molar-refractivity contribution is 6.31. The fourth-order valence-electron chi connectivity index (χ4n) is 2.08. The number of halogens is 3. The lowest BCUT2D eigenvalue weighted by Crippen LogP contribution is -2.04. The van der Waals surface area contributed by atoms with Crippen molar-refractivity contribution < 1.29 is 4.39 Å². The lowest BCUT2D eigenvalue weighted by molar-refractivity contribution is 0.629. The number of benzene rings is 2. The van der Waals surface area contributed by atoms with E-state index in [4.69, 9.17) is 28.9 Å². The summed E-state index contributed by atoms with van der Waals surface area (Å²) in [5.74, 6) is -0.188. The number of nitrogens with zero attached hydrogens (tertiary/aromatic N) is 2. The highest BCUT2D eigenvalue weighted by atomic mass is 35.5. The number of imidazole rings is 1. The van der Waals surface area contributed by atoms with Gasteiger partial charge < -0.3 is 10.3 Å². The molecule has 0 saturated carbocycles. The predicted octanol–water partition coefficient (Wildman–Crippen LogP) is 4.11. The van der Waals surface area contributed by atoms with E-state index in [1.807, 2.05) is 12.1 Å². The Bertz CT molecular complexity index is 781. The largest absolute Gasteiger partial charge is 0.369 e. The number of nitrogens with two attached hydrogens (primary N) is 1. The summed E-state index contributed by atoms with van der Waals surface area (Å²) in [5.41, 5.74) is 8.09. The van der Waals surface area contributed by atoms with Crippen LogP contribution >= 0.6 is 23.2 Å². The van der Waals surface area contributed by atoms with Gasteiger partial charge in [-0.1, -0.05) is 35.3 Å².